The lowest BCUT2D eigenvalue weighted by Gasteiger charge is -2.24. The van der Waals surface area contributed by atoms with E-state index in [-0.39, 0.29) is 0 Å². The van der Waals surface area contributed by atoms with Crippen LogP contribution in [0.4, 0.5) is 0 Å². The molecule has 0 fully saturated rings. The second kappa shape index (κ2) is 4.30. The Morgan fingerprint density at radius 2 is 2.33 bits per heavy atom. The smallest absolute Gasteiger partial charge is 0.0102 e. The maximum atomic E-state index is 3.85. The van der Waals surface area contributed by atoms with Crippen LogP contribution in [0.25, 0.3) is 0 Å². The van der Waals surface area contributed by atoms with Gasteiger partial charge < -0.3 is 0 Å². The number of hydrogen-bond donors (Lipinski definition) is 0. The minimum atomic E-state index is 0.683. The van der Waals surface area contributed by atoms with Gasteiger partial charge in [0.05, 0.1) is 0 Å². The molecule has 1 aliphatic carbocycles. The van der Waals surface area contributed by atoms with Crippen molar-refractivity contribution in [3.05, 3.63) is 36.5 Å². The summed E-state index contributed by atoms with van der Waals surface area (Å²) < 4.78 is 0. The lowest BCUT2D eigenvalue weighted by atomic mass is 9.80. The van der Waals surface area contributed by atoms with Crippen molar-refractivity contribution in [3.63, 3.8) is 0 Å². The van der Waals surface area contributed by atoms with E-state index in [1.807, 2.05) is 6.08 Å². The highest BCUT2D eigenvalue weighted by molar-refractivity contribution is 5.30. The van der Waals surface area contributed by atoms with E-state index in [0.717, 1.165) is 0 Å². The van der Waals surface area contributed by atoms with Crippen molar-refractivity contribution in [3.8, 4) is 0 Å². The van der Waals surface area contributed by atoms with Crippen molar-refractivity contribution in [2.75, 3.05) is 0 Å². The van der Waals surface area contributed by atoms with Crippen LogP contribution in [0.5, 0.6) is 0 Å². The van der Waals surface area contributed by atoms with Crippen molar-refractivity contribution < 1.29 is 0 Å². The van der Waals surface area contributed by atoms with Gasteiger partial charge in [0.25, 0.3) is 0 Å². The van der Waals surface area contributed by atoms with Gasteiger partial charge in [-0.2, -0.15) is 0 Å². The van der Waals surface area contributed by atoms with Crippen LogP contribution in [-0.4, -0.2) is 0 Å². The van der Waals surface area contributed by atoms with Crippen LogP contribution >= 0.6 is 0 Å². The third-order valence-electron chi connectivity index (χ3n) is 2.60. The minimum absolute atomic E-state index is 0.683. The summed E-state index contributed by atoms with van der Waals surface area (Å²) >= 11 is 0. The zero-order valence-corrected chi connectivity index (χ0v) is 8.09. The average Bonchev–Trinajstić information content (AvgIpc) is 2.09. The molecule has 0 saturated heterocycles. The molecule has 0 bridgehead atoms. The molecule has 0 aliphatic heterocycles. The minimum Gasteiger partial charge on any atom is -0.0988 e. The Bertz CT molecular complexity index is 208. The van der Waals surface area contributed by atoms with Gasteiger partial charge in [-0.1, -0.05) is 51.2 Å². The van der Waals surface area contributed by atoms with Crippen molar-refractivity contribution >= 4 is 0 Å². The Hall–Kier alpha value is -0.780. The van der Waals surface area contributed by atoms with Gasteiger partial charge in [0.15, 0.2) is 0 Å². The van der Waals surface area contributed by atoms with Crippen LogP contribution in [-0.2, 0) is 0 Å². The van der Waals surface area contributed by atoms with E-state index in [9.17, 15) is 0 Å². The van der Waals surface area contributed by atoms with Gasteiger partial charge in [0.2, 0.25) is 0 Å². The number of rotatable bonds is 3. The summed E-state index contributed by atoms with van der Waals surface area (Å²) in [6, 6.07) is 0. The van der Waals surface area contributed by atoms with E-state index in [4.69, 9.17) is 0 Å². The van der Waals surface area contributed by atoms with Crippen molar-refractivity contribution in [1.29, 1.82) is 0 Å². The predicted octanol–water partition coefficient (Wildman–Crippen LogP) is 3.72. The quantitative estimate of drug-likeness (QED) is 0.593. The van der Waals surface area contributed by atoms with E-state index in [2.05, 4.69) is 38.7 Å². The van der Waals surface area contributed by atoms with Crippen LogP contribution in [0.2, 0.25) is 0 Å². The molecule has 1 rings (SSSR count). The molecule has 0 N–H and O–H groups in total. The summed E-state index contributed by atoms with van der Waals surface area (Å²) in [5, 5.41) is 0. The van der Waals surface area contributed by atoms with Gasteiger partial charge in [-0.15, -0.1) is 0 Å². The topological polar surface area (TPSA) is 0 Å². The monoisotopic (exact) mass is 162 g/mol. The average molecular weight is 162 g/mol. The normalized spacial score (nSPS) is 28.3. The molecule has 0 heterocycles. The van der Waals surface area contributed by atoms with Gasteiger partial charge in [0, 0.05) is 0 Å². The highest BCUT2D eigenvalue weighted by Crippen LogP contribution is 2.30. The standard InChI is InChI=1S/C12H18/c1-4-7-12-10(3)8-6-9-11(12)5-2/h5-6,8-10,12H,2,4,7H2,1,3H3. The molecule has 0 aromatic heterocycles. The SMILES string of the molecule is C=CC1=CC=CC(C)C1CCC. The maximum absolute atomic E-state index is 3.85. The van der Waals surface area contributed by atoms with E-state index in [1.54, 1.807) is 0 Å². The third kappa shape index (κ3) is 1.88. The molecule has 2 atom stereocenters. The third-order valence-corrected chi connectivity index (χ3v) is 2.60. The summed E-state index contributed by atoms with van der Waals surface area (Å²) in [7, 11) is 0. The molecule has 12 heavy (non-hydrogen) atoms. The molecule has 66 valence electrons. The first-order chi connectivity index (χ1) is 5.79. The molecular formula is C12H18. The number of hydrogen-bond acceptors (Lipinski definition) is 0. The molecule has 0 saturated carbocycles. The Balaban J connectivity index is 2.73. The van der Waals surface area contributed by atoms with E-state index in [0.29, 0.717) is 11.8 Å². The molecule has 0 radical (unpaired) electrons. The van der Waals surface area contributed by atoms with Gasteiger partial charge >= 0.3 is 0 Å². The van der Waals surface area contributed by atoms with E-state index in [1.165, 1.54) is 18.4 Å². The molecule has 0 amide bonds. The molecule has 2 unspecified atom stereocenters. The highest BCUT2D eigenvalue weighted by Gasteiger charge is 2.18. The van der Waals surface area contributed by atoms with Gasteiger partial charge in [-0.3, -0.25) is 0 Å². The molecule has 0 aromatic rings. The molecule has 1 aliphatic rings. The zero-order valence-electron chi connectivity index (χ0n) is 8.09. The Morgan fingerprint density at radius 3 is 2.92 bits per heavy atom. The molecule has 0 heteroatoms. The van der Waals surface area contributed by atoms with Crippen LogP contribution in [0.15, 0.2) is 36.5 Å². The summed E-state index contributed by atoms with van der Waals surface area (Å²) in [6.07, 6.45) is 11.2. The Morgan fingerprint density at radius 1 is 1.58 bits per heavy atom. The lowest BCUT2D eigenvalue weighted by molar-refractivity contribution is 0.450. The first-order valence-electron chi connectivity index (χ1n) is 4.80. The van der Waals surface area contributed by atoms with Crippen molar-refractivity contribution in [2.24, 2.45) is 11.8 Å². The van der Waals surface area contributed by atoms with E-state index < -0.39 is 0 Å². The summed E-state index contributed by atoms with van der Waals surface area (Å²) in [6.45, 7) is 8.38. The van der Waals surface area contributed by atoms with Crippen LogP contribution in [0.1, 0.15) is 26.7 Å². The van der Waals surface area contributed by atoms with Gasteiger partial charge in [0.1, 0.15) is 0 Å². The first-order valence-corrected chi connectivity index (χ1v) is 4.80. The fraction of sp³-hybridized carbons (Fsp3) is 0.500. The summed E-state index contributed by atoms with van der Waals surface area (Å²) in [5.41, 5.74) is 1.41. The predicted molar refractivity (Wildman–Crippen MR) is 55.0 cm³/mol. The van der Waals surface area contributed by atoms with E-state index >= 15 is 0 Å². The second-order valence-corrected chi connectivity index (χ2v) is 3.51. The molecule has 0 spiro atoms. The van der Waals surface area contributed by atoms with Crippen molar-refractivity contribution in [2.45, 2.75) is 26.7 Å². The maximum Gasteiger partial charge on any atom is -0.0102 e. The highest BCUT2D eigenvalue weighted by atomic mass is 14.2. The largest absolute Gasteiger partial charge is 0.0988 e. The second-order valence-electron chi connectivity index (χ2n) is 3.51. The van der Waals surface area contributed by atoms with Crippen LogP contribution in [0, 0.1) is 11.8 Å². The fourth-order valence-electron chi connectivity index (χ4n) is 1.86. The van der Waals surface area contributed by atoms with Crippen molar-refractivity contribution in [1.82, 2.24) is 0 Å². The summed E-state index contributed by atoms with van der Waals surface area (Å²) in [5.74, 6) is 1.39. The van der Waals surface area contributed by atoms with Gasteiger partial charge in [-0.25, -0.2) is 0 Å². The van der Waals surface area contributed by atoms with Crippen LogP contribution < -0.4 is 0 Å². The fourth-order valence-corrected chi connectivity index (χ4v) is 1.86. The van der Waals surface area contributed by atoms with Crippen LogP contribution in [0.3, 0.4) is 0 Å². The Kier molecular flexibility index (Phi) is 3.33. The molecule has 0 aromatic carbocycles. The number of allylic oxidation sites excluding steroid dienone is 5. The summed E-state index contributed by atoms with van der Waals surface area (Å²) in [4.78, 5) is 0. The Labute approximate surface area is 75.7 Å². The van der Waals surface area contributed by atoms with Gasteiger partial charge in [-0.05, 0) is 23.8 Å². The first kappa shape index (κ1) is 9.31. The zero-order chi connectivity index (χ0) is 8.97. The molecular weight excluding hydrogens is 144 g/mol. The lowest BCUT2D eigenvalue weighted by Crippen LogP contribution is -2.13. The molecule has 0 nitrogen and oxygen atoms in total.